The Balaban J connectivity index is 4.30. The molecule has 0 aliphatic heterocycles. The quantitative estimate of drug-likeness (QED) is 0.165. The molecule has 9 heteroatoms. The van der Waals surface area contributed by atoms with Crippen LogP contribution < -0.4 is 0 Å². The fourth-order valence-electron chi connectivity index (χ4n) is 2.18. The third-order valence-electron chi connectivity index (χ3n) is 3.36. The molecule has 0 bridgehead atoms. The van der Waals surface area contributed by atoms with Gasteiger partial charge in [0.2, 0.25) is 0 Å². The third kappa shape index (κ3) is 9.55. The lowest BCUT2D eigenvalue weighted by Gasteiger charge is -2.33. The Kier molecular flexibility index (Phi) is 15.3. The minimum atomic E-state index is -0.413. The number of rotatable bonds is 16. The van der Waals surface area contributed by atoms with Gasteiger partial charge in [0.05, 0.1) is 30.5 Å². The number of ether oxygens (including phenoxy) is 4. The van der Waals surface area contributed by atoms with Gasteiger partial charge in [0.25, 0.3) is 0 Å². The van der Waals surface area contributed by atoms with Crippen molar-refractivity contribution in [3.05, 3.63) is 0 Å². The summed E-state index contributed by atoms with van der Waals surface area (Å²) in [5.41, 5.74) is -0.643. The highest BCUT2D eigenvalue weighted by Gasteiger charge is 2.31. The Labute approximate surface area is 158 Å². The lowest BCUT2D eigenvalue weighted by atomic mass is 10.7. The van der Waals surface area contributed by atoms with E-state index in [1.54, 1.807) is 9.83 Å². The zero-order valence-electron chi connectivity index (χ0n) is 15.5. The molecule has 140 valence electrons. The maximum Gasteiger partial charge on any atom is 0.154 e. The van der Waals surface area contributed by atoms with Gasteiger partial charge in [-0.1, -0.05) is 34.7 Å². The van der Waals surface area contributed by atoms with Crippen LogP contribution in [0.25, 0.3) is 0 Å². The molecular weight excluding hydrogens is 385 g/mol. The molecule has 0 aromatic carbocycles. The molecule has 0 saturated carbocycles. The van der Waals surface area contributed by atoms with E-state index in [1.807, 2.05) is 49.3 Å². The average molecular weight is 419 g/mol. The zero-order valence-corrected chi connectivity index (χ0v) is 20.8. The minimum absolute atomic E-state index is 0.321. The molecule has 0 amide bonds. The molecule has 0 N–H and O–H groups in total. The highest BCUT2D eigenvalue weighted by atomic mass is 33.5. The summed E-state index contributed by atoms with van der Waals surface area (Å²) in [6, 6.07) is 0. The van der Waals surface area contributed by atoms with Gasteiger partial charge in [-0.05, 0) is 37.5 Å². The normalized spacial score (nSPS) is 13.8. The van der Waals surface area contributed by atoms with Crippen molar-refractivity contribution < 1.29 is 18.9 Å². The molecule has 4 nitrogen and oxygen atoms in total. The van der Waals surface area contributed by atoms with E-state index in [-0.39, 0.29) is 10.8 Å². The van der Waals surface area contributed by atoms with Gasteiger partial charge in [0.15, 0.2) is 10.8 Å². The Bertz CT molecular complexity index is 251. The first kappa shape index (κ1) is 24.3. The molecule has 0 aliphatic rings. The van der Waals surface area contributed by atoms with E-state index in [1.165, 1.54) is 0 Å². The summed E-state index contributed by atoms with van der Waals surface area (Å²) in [5, 5.41) is 0. The molecule has 23 heavy (non-hydrogen) atoms. The molecule has 0 saturated heterocycles. The molecule has 0 fully saturated rings. The second-order valence-electron chi connectivity index (χ2n) is 4.85. The van der Waals surface area contributed by atoms with Crippen LogP contribution in [-0.2, 0) is 18.9 Å². The SMILES string of the molecule is CCOC(CSSSCC(OCC)(OCC)[SiH2]C)(OCC)[SiH2]C. The van der Waals surface area contributed by atoms with Gasteiger partial charge in [0.1, 0.15) is 0 Å². The van der Waals surface area contributed by atoms with E-state index in [0.717, 1.165) is 11.5 Å². The average Bonchev–Trinajstić information content (AvgIpc) is 2.55. The number of hydrogen-bond donors (Lipinski definition) is 0. The largest absolute Gasteiger partial charge is 0.354 e. The van der Waals surface area contributed by atoms with Crippen molar-refractivity contribution >= 4 is 50.5 Å². The second kappa shape index (κ2) is 14.5. The molecule has 0 rings (SSSR count). The zero-order chi connectivity index (χ0) is 17.6. The predicted octanol–water partition coefficient (Wildman–Crippen LogP) is 2.90. The van der Waals surface area contributed by atoms with Gasteiger partial charge >= 0.3 is 0 Å². The fourth-order valence-corrected chi connectivity index (χ4v) is 10.8. The third-order valence-corrected chi connectivity index (χ3v) is 11.9. The van der Waals surface area contributed by atoms with Gasteiger partial charge in [-0.2, -0.15) is 0 Å². The van der Waals surface area contributed by atoms with Crippen LogP contribution in [0.4, 0.5) is 0 Å². The standard InChI is InChI=1S/C14H34O4S3Si2/c1-7-15-13(22-5,16-8-2)11-19-21-20-12-14(23-6,17-9-3)18-10-4/h7-12,22-23H2,1-6H3. The highest BCUT2D eigenvalue weighted by Crippen LogP contribution is 2.39. The summed E-state index contributed by atoms with van der Waals surface area (Å²) < 4.78 is 23.7. The summed E-state index contributed by atoms with van der Waals surface area (Å²) in [5.74, 6) is 1.77. The van der Waals surface area contributed by atoms with Crippen LogP contribution >= 0.6 is 31.4 Å². The summed E-state index contributed by atoms with van der Waals surface area (Å²) >= 11 is 0. The fraction of sp³-hybridized carbons (Fsp3) is 1.00. The molecule has 0 atom stereocenters. The molecule has 0 aliphatic carbocycles. The van der Waals surface area contributed by atoms with Crippen LogP contribution in [0.1, 0.15) is 27.7 Å². The van der Waals surface area contributed by atoms with Crippen LogP contribution in [0.5, 0.6) is 0 Å². The van der Waals surface area contributed by atoms with Crippen LogP contribution in [0.3, 0.4) is 0 Å². The van der Waals surface area contributed by atoms with E-state index in [0.29, 0.717) is 26.4 Å². The molecule has 0 heterocycles. The molecule has 0 radical (unpaired) electrons. The van der Waals surface area contributed by atoms with Crippen molar-refractivity contribution in [3.8, 4) is 0 Å². The van der Waals surface area contributed by atoms with Gasteiger partial charge in [-0.25, -0.2) is 0 Å². The van der Waals surface area contributed by atoms with Crippen molar-refractivity contribution in [1.82, 2.24) is 0 Å². The van der Waals surface area contributed by atoms with Crippen molar-refractivity contribution in [2.45, 2.75) is 51.6 Å². The van der Waals surface area contributed by atoms with Gasteiger partial charge in [-0.3, -0.25) is 0 Å². The molecule has 0 aromatic rings. The summed E-state index contributed by atoms with van der Waals surface area (Å²) in [6.07, 6.45) is 0. The molecule has 0 unspecified atom stereocenters. The van der Waals surface area contributed by atoms with Crippen LogP contribution in [-0.4, -0.2) is 67.8 Å². The van der Waals surface area contributed by atoms with Gasteiger partial charge in [0, 0.05) is 26.4 Å². The van der Waals surface area contributed by atoms with Gasteiger partial charge < -0.3 is 18.9 Å². The Hall–Kier alpha value is 1.32. The first-order valence-electron chi connectivity index (χ1n) is 8.54. The second-order valence-corrected chi connectivity index (χ2v) is 12.7. The van der Waals surface area contributed by atoms with E-state index < -0.39 is 19.0 Å². The number of hydrogen-bond acceptors (Lipinski definition) is 7. The first-order chi connectivity index (χ1) is 11.1. The van der Waals surface area contributed by atoms with Crippen molar-refractivity contribution in [2.24, 2.45) is 0 Å². The maximum atomic E-state index is 5.92. The lowest BCUT2D eigenvalue weighted by Crippen LogP contribution is -2.44. The Morgan fingerprint density at radius 3 is 1.17 bits per heavy atom. The summed E-state index contributed by atoms with van der Waals surface area (Å²) in [6.45, 7) is 15.5. The minimum Gasteiger partial charge on any atom is -0.354 e. The van der Waals surface area contributed by atoms with Crippen molar-refractivity contribution in [3.63, 3.8) is 0 Å². The van der Waals surface area contributed by atoms with Crippen molar-refractivity contribution in [1.29, 1.82) is 0 Å². The van der Waals surface area contributed by atoms with Crippen LogP contribution in [0.2, 0.25) is 13.1 Å². The molecular formula is C14H34O4S3Si2. The monoisotopic (exact) mass is 418 g/mol. The summed E-state index contributed by atoms with van der Waals surface area (Å²) in [4.78, 5) is 0. The summed E-state index contributed by atoms with van der Waals surface area (Å²) in [7, 11) is 4.61. The van der Waals surface area contributed by atoms with E-state index in [9.17, 15) is 0 Å². The van der Waals surface area contributed by atoms with E-state index in [4.69, 9.17) is 18.9 Å². The Morgan fingerprint density at radius 2 is 0.957 bits per heavy atom. The maximum absolute atomic E-state index is 5.92. The van der Waals surface area contributed by atoms with E-state index in [2.05, 4.69) is 13.1 Å². The highest BCUT2D eigenvalue weighted by molar-refractivity contribution is 9.09. The van der Waals surface area contributed by atoms with E-state index >= 15 is 0 Å². The van der Waals surface area contributed by atoms with Crippen LogP contribution in [0.15, 0.2) is 0 Å². The predicted molar refractivity (Wildman–Crippen MR) is 113 cm³/mol. The molecule has 0 spiro atoms. The Morgan fingerprint density at radius 1 is 0.652 bits per heavy atom. The van der Waals surface area contributed by atoms with Gasteiger partial charge in [-0.15, -0.1) is 0 Å². The van der Waals surface area contributed by atoms with Crippen molar-refractivity contribution in [2.75, 3.05) is 37.9 Å². The lowest BCUT2D eigenvalue weighted by molar-refractivity contribution is -0.159. The smallest absolute Gasteiger partial charge is 0.154 e. The first-order valence-corrected chi connectivity index (χ1v) is 16.6. The molecule has 0 aromatic heterocycles. The topological polar surface area (TPSA) is 36.9 Å². The van der Waals surface area contributed by atoms with Crippen LogP contribution in [0, 0.1) is 0 Å².